The minimum Gasteiger partial charge on any atom is -0.383 e. The van der Waals surface area contributed by atoms with E-state index in [0.717, 1.165) is 37.9 Å². The quantitative estimate of drug-likeness (QED) is 0.636. The highest BCUT2D eigenvalue weighted by atomic mass is 16.5. The van der Waals surface area contributed by atoms with Crippen LogP contribution in [-0.4, -0.2) is 71.6 Å². The minimum atomic E-state index is -0.746. The zero-order chi connectivity index (χ0) is 22.8. The van der Waals surface area contributed by atoms with Crippen LogP contribution in [0.4, 0.5) is 4.79 Å². The summed E-state index contributed by atoms with van der Waals surface area (Å²) in [6.45, 7) is 2.82. The van der Waals surface area contributed by atoms with Crippen molar-refractivity contribution in [2.45, 2.75) is 50.2 Å². The fraction of sp³-hybridized carbons (Fsp3) is 0.481. The summed E-state index contributed by atoms with van der Waals surface area (Å²) in [5.41, 5.74) is 3.24. The molecule has 2 aromatic rings. The predicted molar refractivity (Wildman–Crippen MR) is 127 cm³/mol. The molecule has 0 N–H and O–H groups in total. The number of urea groups is 1. The number of methoxy groups -OCH3 is 1. The number of fused-ring (bicyclic) bond motifs is 1. The van der Waals surface area contributed by atoms with E-state index in [1.807, 2.05) is 35.2 Å². The molecule has 174 valence electrons. The van der Waals surface area contributed by atoms with Gasteiger partial charge in [0.1, 0.15) is 5.54 Å². The van der Waals surface area contributed by atoms with Gasteiger partial charge in [-0.15, -0.1) is 0 Å². The van der Waals surface area contributed by atoms with Crippen LogP contribution in [0, 0.1) is 0 Å². The summed E-state index contributed by atoms with van der Waals surface area (Å²) in [5, 5.41) is 0. The number of aryl methyl sites for hydroxylation is 1. The van der Waals surface area contributed by atoms with Crippen LogP contribution in [0.1, 0.15) is 36.0 Å². The van der Waals surface area contributed by atoms with E-state index in [-0.39, 0.29) is 11.9 Å². The third-order valence-electron chi connectivity index (χ3n) is 7.79. The van der Waals surface area contributed by atoms with Gasteiger partial charge in [0.05, 0.1) is 13.2 Å². The number of benzene rings is 2. The molecule has 1 unspecified atom stereocenters. The molecule has 2 aromatic carbocycles. The highest BCUT2D eigenvalue weighted by Crippen LogP contribution is 2.39. The number of carbonyl (C=O) groups excluding carboxylic acids is 2. The summed E-state index contributed by atoms with van der Waals surface area (Å²) in [7, 11) is 1.60. The van der Waals surface area contributed by atoms with Gasteiger partial charge in [0.2, 0.25) is 0 Å². The second-order valence-electron chi connectivity index (χ2n) is 9.54. The minimum absolute atomic E-state index is 0.0471. The first-order valence-electron chi connectivity index (χ1n) is 12.1. The van der Waals surface area contributed by atoms with Gasteiger partial charge in [0, 0.05) is 32.8 Å². The second kappa shape index (κ2) is 9.27. The Kier molecular flexibility index (Phi) is 6.21. The van der Waals surface area contributed by atoms with Gasteiger partial charge in [-0.1, -0.05) is 54.6 Å². The lowest BCUT2D eigenvalue weighted by Crippen LogP contribution is -2.58. The van der Waals surface area contributed by atoms with E-state index in [2.05, 4.69) is 29.2 Å². The summed E-state index contributed by atoms with van der Waals surface area (Å²) in [4.78, 5) is 32.8. The van der Waals surface area contributed by atoms with Crippen molar-refractivity contribution in [2.75, 3.05) is 33.4 Å². The zero-order valence-corrected chi connectivity index (χ0v) is 19.4. The number of piperidine rings is 1. The van der Waals surface area contributed by atoms with Gasteiger partial charge in [-0.2, -0.15) is 0 Å². The van der Waals surface area contributed by atoms with Crippen LogP contribution in [0.2, 0.25) is 0 Å². The number of hydrogen-bond acceptors (Lipinski definition) is 4. The zero-order valence-electron chi connectivity index (χ0n) is 19.4. The Hall–Kier alpha value is -2.70. The van der Waals surface area contributed by atoms with Crippen molar-refractivity contribution < 1.29 is 14.3 Å². The van der Waals surface area contributed by atoms with Gasteiger partial charge in [-0.25, -0.2) is 4.79 Å². The lowest BCUT2D eigenvalue weighted by Gasteiger charge is -2.45. The highest BCUT2D eigenvalue weighted by molar-refractivity contribution is 6.07. The smallest absolute Gasteiger partial charge is 0.328 e. The maximum atomic E-state index is 13.6. The molecule has 6 nitrogen and oxygen atoms in total. The summed E-state index contributed by atoms with van der Waals surface area (Å²) >= 11 is 0. The standard InChI is InChI=1S/C27H33N3O3/c1-33-18-17-29-25(31)27(30(26(29)32)20-21-7-3-2-4-8-21)13-15-28(16-14-27)24-12-11-22-9-5-6-10-23(22)19-24/h2-10,24H,11-20H2,1H3. The molecule has 33 heavy (non-hydrogen) atoms. The fourth-order valence-electron chi connectivity index (χ4n) is 5.88. The van der Waals surface area contributed by atoms with E-state index in [4.69, 9.17) is 4.74 Å². The normalized spacial score (nSPS) is 22.8. The maximum Gasteiger partial charge on any atom is 0.328 e. The third kappa shape index (κ3) is 4.06. The van der Waals surface area contributed by atoms with Crippen molar-refractivity contribution in [1.29, 1.82) is 0 Å². The Morgan fingerprint density at radius 3 is 2.39 bits per heavy atom. The van der Waals surface area contributed by atoms with Gasteiger partial charge in [0.25, 0.3) is 5.91 Å². The van der Waals surface area contributed by atoms with Crippen molar-refractivity contribution >= 4 is 11.9 Å². The topological polar surface area (TPSA) is 53.1 Å². The molecule has 0 bridgehead atoms. The molecular formula is C27H33N3O3. The van der Waals surface area contributed by atoms with E-state index < -0.39 is 5.54 Å². The molecule has 0 saturated carbocycles. The number of nitrogens with zero attached hydrogens (tertiary/aromatic N) is 3. The van der Waals surface area contributed by atoms with Crippen molar-refractivity contribution in [2.24, 2.45) is 0 Å². The molecule has 2 saturated heterocycles. The molecule has 5 rings (SSSR count). The van der Waals surface area contributed by atoms with Crippen LogP contribution in [0.3, 0.4) is 0 Å². The molecule has 3 amide bonds. The van der Waals surface area contributed by atoms with E-state index >= 15 is 0 Å². The van der Waals surface area contributed by atoms with Crippen molar-refractivity contribution in [3.63, 3.8) is 0 Å². The predicted octanol–water partition coefficient (Wildman–Crippen LogP) is 3.49. The van der Waals surface area contributed by atoms with Crippen LogP contribution in [0.25, 0.3) is 0 Å². The Balaban J connectivity index is 1.34. The van der Waals surface area contributed by atoms with E-state index in [0.29, 0.717) is 38.6 Å². The average molecular weight is 448 g/mol. The van der Waals surface area contributed by atoms with Crippen LogP contribution in [0.5, 0.6) is 0 Å². The molecule has 6 heteroatoms. The first-order chi connectivity index (χ1) is 16.1. The third-order valence-corrected chi connectivity index (χ3v) is 7.79. The van der Waals surface area contributed by atoms with Gasteiger partial charge in [-0.3, -0.25) is 14.6 Å². The Bertz CT molecular complexity index is 1000. The molecule has 3 aliphatic rings. The van der Waals surface area contributed by atoms with Gasteiger partial charge < -0.3 is 9.64 Å². The summed E-state index contributed by atoms with van der Waals surface area (Å²) < 4.78 is 5.18. The number of hydrogen-bond donors (Lipinski definition) is 0. The van der Waals surface area contributed by atoms with E-state index in [1.54, 1.807) is 7.11 Å². The van der Waals surface area contributed by atoms with Crippen molar-refractivity contribution in [3.05, 3.63) is 71.3 Å². The molecule has 2 heterocycles. The first-order valence-corrected chi connectivity index (χ1v) is 12.1. The number of ether oxygens (including phenoxy) is 1. The average Bonchev–Trinajstić information content (AvgIpc) is 3.04. The summed E-state index contributed by atoms with van der Waals surface area (Å²) in [6, 6.07) is 19.1. The van der Waals surface area contributed by atoms with E-state index in [9.17, 15) is 9.59 Å². The van der Waals surface area contributed by atoms with Gasteiger partial charge in [-0.05, 0) is 48.8 Å². The molecule has 1 aliphatic carbocycles. The number of carbonyl (C=O) groups is 2. The maximum absolute atomic E-state index is 13.6. The van der Waals surface area contributed by atoms with E-state index in [1.165, 1.54) is 16.0 Å². The molecule has 2 fully saturated rings. The lowest BCUT2D eigenvalue weighted by atomic mass is 9.82. The number of likely N-dealkylation sites (tertiary alicyclic amines) is 1. The Morgan fingerprint density at radius 1 is 0.970 bits per heavy atom. The first kappa shape index (κ1) is 22.1. The molecule has 0 radical (unpaired) electrons. The highest BCUT2D eigenvalue weighted by Gasteiger charge is 2.58. The molecule has 1 spiro atoms. The number of imide groups is 1. The van der Waals surface area contributed by atoms with Crippen molar-refractivity contribution in [1.82, 2.24) is 14.7 Å². The Labute approximate surface area is 196 Å². The van der Waals surface area contributed by atoms with Crippen LogP contribution in [-0.2, 0) is 28.9 Å². The SMILES string of the molecule is COCCN1C(=O)N(Cc2ccccc2)C2(CCN(C3CCc4ccccc4C3)CC2)C1=O. The van der Waals surface area contributed by atoms with Crippen LogP contribution < -0.4 is 0 Å². The van der Waals surface area contributed by atoms with Crippen LogP contribution >= 0.6 is 0 Å². The van der Waals surface area contributed by atoms with Crippen molar-refractivity contribution in [3.8, 4) is 0 Å². The lowest BCUT2D eigenvalue weighted by molar-refractivity contribution is -0.136. The second-order valence-corrected chi connectivity index (χ2v) is 9.54. The fourth-order valence-corrected chi connectivity index (χ4v) is 5.88. The largest absolute Gasteiger partial charge is 0.383 e. The summed E-state index contributed by atoms with van der Waals surface area (Å²) in [6.07, 6.45) is 4.72. The van der Waals surface area contributed by atoms with Gasteiger partial charge >= 0.3 is 6.03 Å². The number of amides is 3. The summed E-state index contributed by atoms with van der Waals surface area (Å²) in [5.74, 6) is -0.0471. The van der Waals surface area contributed by atoms with Crippen LogP contribution in [0.15, 0.2) is 54.6 Å². The van der Waals surface area contributed by atoms with Gasteiger partial charge in [0.15, 0.2) is 0 Å². The monoisotopic (exact) mass is 447 g/mol. The number of rotatable bonds is 6. The molecule has 0 aromatic heterocycles. The molecular weight excluding hydrogens is 414 g/mol. The molecule has 2 aliphatic heterocycles. The Morgan fingerprint density at radius 2 is 1.67 bits per heavy atom. The molecule has 1 atom stereocenters.